The van der Waals surface area contributed by atoms with Gasteiger partial charge in [0, 0.05) is 36.2 Å². The number of phenolic OH excluding ortho intramolecular Hbond substituents is 1. The summed E-state index contributed by atoms with van der Waals surface area (Å²) >= 11 is 0. The van der Waals surface area contributed by atoms with Gasteiger partial charge in [-0.3, -0.25) is 9.59 Å². The summed E-state index contributed by atoms with van der Waals surface area (Å²) in [4.78, 5) is 24.7. The van der Waals surface area contributed by atoms with Crippen molar-refractivity contribution in [2.75, 3.05) is 6.61 Å². The number of furan rings is 1. The molecule has 0 radical (unpaired) electrons. The van der Waals surface area contributed by atoms with Crippen molar-refractivity contribution in [3.63, 3.8) is 0 Å². The van der Waals surface area contributed by atoms with Crippen molar-refractivity contribution in [3.05, 3.63) is 82.9 Å². The Morgan fingerprint density at radius 3 is 2.69 bits per heavy atom. The number of aromatic hydroxyl groups is 1. The van der Waals surface area contributed by atoms with Gasteiger partial charge < -0.3 is 24.0 Å². The minimum Gasteiger partial charge on any atom is -0.507 e. The fraction of sp³-hybridized carbons (Fsp3) is 0.200. The fourth-order valence-corrected chi connectivity index (χ4v) is 3.42. The Kier molecular flexibility index (Phi) is 6.26. The summed E-state index contributed by atoms with van der Waals surface area (Å²) in [5.74, 6) is 0.906. The van der Waals surface area contributed by atoms with Gasteiger partial charge in [0.1, 0.15) is 34.0 Å². The predicted octanol–water partition coefficient (Wildman–Crippen LogP) is 4.27. The van der Waals surface area contributed by atoms with Gasteiger partial charge in [-0.2, -0.15) is 0 Å². The molecule has 0 spiro atoms. The Balaban J connectivity index is 1.43. The Bertz CT molecular complexity index is 1260. The Morgan fingerprint density at radius 1 is 1.12 bits per heavy atom. The van der Waals surface area contributed by atoms with Crippen molar-refractivity contribution in [1.29, 1.82) is 0 Å². The summed E-state index contributed by atoms with van der Waals surface area (Å²) in [5, 5.41) is 13.2. The molecular weight excluding hydrogens is 410 g/mol. The second-order valence-electron chi connectivity index (χ2n) is 7.53. The molecule has 1 atom stereocenters. The summed E-state index contributed by atoms with van der Waals surface area (Å²) < 4.78 is 16.7. The van der Waals surface area contributed by atoms with Crippen LogP contribution in [0.15, 0.2) is 80.6 Å². The van der Waals surface area contributed by atoms with E-state index in [2.05, 4.69) is 5.32 Å². The predicted molar refractivity (Wildman–Crippen MR) is 120 cm³/mol. The minimum absolute atomic E-state index is 0.0624. The first-order valence-electron chi connectivity index (χ1n) is 10.3. The number of hydrogen-bond acceptors (Lipinski definition) is 6. The van der Waals surface area contributed by atoms with Gasteiger partial charge in [-0.05, 0) is 25.5 Å². The molecule has 0 unspecified atom stereocenters. The van der Waals surface area contributed by atoms with Gasteiger partial charge in [-0.15, -0.1) is 0 Å². The molecule has 7 nitrogen and oxygen atoms in total. The smallest absolute Gasteiger partial charge is 0.258 e. The highest BCUT2D eigenvalue weighted by Gasteiger charge is 2.14. The molecule has 1 amide bonds. The van der Waals surface area contributed by atoms with Gasteiger partial charge >= 0.3 is 0 Å². The van der Waals surface area contributed by atoms with Gasteiger partial charge in [-0.25, -0.2) is 0 Å². The molecule has 2 aromatic carbocycles. The molecule has 0 aliphatic carbocycles. The number of nitrogens with one attached hydrogen (secondary N) is 1. The highest BCUT2D eigenvalue weighted by atomic mass is 16.5. The highest BCUT2D eigenvalue weighted by molar-refractivity contribution is 5.86. The van der Waals surface area contributed by atoms with Gasteiger partial charge in [0.05, 0.1) is 6.26 Å². The molecule has 0 saturated carbocycles. The van der Waals surface area contributed by atoms with E-state index < -0.39 is 0 Å². The van der Waals surface area contributed by atoms with Crippen LogP contribution in [-0.2, 0) is 11.2 Å². The van der Waals surface area contributed by atoms with Crippen LogP contribution < -0.4 is 15.5 Å². The van der Waals surface area contributed by atoms with E-state index in [4.69, 9.17) is 13.6 Å². The molecule has 2 aromatic heterocycles. The van der Waals surface area contributed by atoms with Crippen molar-refractivity contribution in [3.8, 4) is 22.8 Å². The van der Waals surface area contributed by atoms with Crippen LogP contribution in [0.5, 0.6) is 11.5 Å². The number of carbonyl (C=O) groups excluding carboxylic acids is 1. The lowest BCUT2D eigenvalue weighted by Crippen LogP contribution is -2.36. The van der Waals surface area contributed by atoms with Gasteiger partial charge in [0.2, 0.25) is 0 Å². The lowest BCUT2D eigenvalue weighted by Gasteiger charge is -2.14. The molecule has 0 aliphatic rings. The topological polar surface area (TPSA) is 102 Å². The van der Waals surface area contributed by atoms with E-state index in [1.807, 2.05) is 49.4 Å². The molecule has 4 rings (SSSR count). The number of amides is 1. The van der Waals surface area contributed by atoms with E-state index in [0.29, 0.717) is 5.76 Å². The molecule has 4 aromatic rings. The zero-order chi connectivity index (χ0) is 22.5. The van der Waals surface area contributed by atoms with Crippen LogP contribution in [0.2, 0.25) is 0 Å². The van der Waals surface area contributed by atoms with Crippen molar-refractivity contribution in [1.82, 2.24) is 5.32 Å². The third kappa shape index (κ3) is 5.00. The Labute approximate surface area is 184 Å². The van der Waals surface area contributed by atoms with Crippen LogP contribution in [-0.4, -0.2) is 23.7 Å². The van der Waals surface area contributed by atoms with Crippen LogP contribution in [0.1, 0.15) is 19.1 Å². The van der Waals surface area contributed by atoms with Crippen molar-refractivity contribution in [2.24, 2.45) is 0 Å². The van der Waals surface area contributed by atoms with E-state index in [-0.39, 0.29) is 46.5 Å². The summed E-state index contributed by atoms with van der Waals surface area (Å²) in [5.41, 5.74) is 0.552. The fourth-order valence-electron chi connectivity index (χ4n) is 3.42. The first-order valence-corrected chi connectivity index (χ1v) is 10.3. The molecule has 0 saturated heterocycles. The molecule has 7 heteroatoms. The van der Waals surface area contributed by atoms with E-state index >= 15 is 0 Å². The number of carbonyl (C=O) groups is 1. The molecule has 164 valence electrons. The first kappa shape index (κ1) is 21.2. The van der Waals surface area contributed by atoms with Crippen LogP contribution in [0.3, 0.4) is 0 Å². The first-order chi connectivity index (χ1) is 15.5. The number of phenols is 1. The van der Waals surface area contributed by atoms with E-state index in [1.54, 1.807) is 6.26 Å². The number of rotatable bonds is 8. The summed E-state index contributed by atoms with van der Waals surface area (Å²) in [6.45, 7) is 1.67. The standard InChI is InChI=1S/C25H23NO6/c1-16(9-10-18-8-5-11-30-18)26-24(29)15-31-19-12-20(27)25-21(28)14-22(32-23(25)13-19)17-6-3-2-4-7-17/h2-8,11-14,16,27H,9-10,15H2,1H3,(H,26,29)/t16-/m0/s1. The van der Waals surface area contributed by atoms with Crippen LogP contribution >= 0.6 is 0 Å². The van der Waals surface area contributed by atoms with Gasteiger partial charge in [0.15, 0.2) is 12.0 Å². The monoisotopic (exact) mass is 433 g/mol. The van der Waals surface area contributed by atoms with Crippen LogP contribution in [0, 0.1) is 0 Å². The largest absolute Gasteiger partial charge is 0.507 e. The van der Waals surface area contributed by atoms with Crippen LogP contribution in [0.25, 0.3) is 22.3 Å². The third-order valence-electron chi connectivity index (χ3n) is 5.02. The Morgan fingerprint density at radius 2 is 1.94 bits per heavy atom. The quantitative estimate of drug-likeness (QED) is 0.430. The number of hydrogen-bond donors (Lipinski definition) is 2. The van der Waals surface area contributed by atoms with Gasteiger partial charge in [-0.1, -0.05) is 30.3 Å². The van der Waals surface area contributed by atoms with E-state index in [1.165, 1.54) is 18.2 Å². The average Bonchev–Trinajstić information content (AvgIpc) is 3.30. The molecule has 2 N–H and O–H groups in total. The molecule has 2 heterocycles. The maximum Gasteiger partial charge on any atom is 0.258 e. The lowest BCUT2D eigenvalue weighted by molar-refractivity contribution is -0.123. The number of ether oxygens (including phenoxy) is 1. The maximum absolute atomic E-state index is 12.5. The normalized spacial score (nSPS) is 11.9. The van der Waals surface area contributed by atoms with Crippen LogP contribution in [0.4, 0.5) is 0 Å². The van der Waals surface area contributed by atoms with E-state index in [9.17, 15) is 14.7 Å². The number of fused-ring (bicyclic) bond motifs is 1. The number of aryl methyl sites for hydroxylation is 1. The average molecular weight is 433 g/mol. The summed E-state index contributed by atoms with van der Waals surface area (Å²) in [7, 11) is 0. The van der Waals surface area contributed by atoms with Gasteiger partial charge in [0.25, 0.3) is 5.91 Å². The second-order valence-corrected chi connectivity index (χ2v) is 7.53. The molecular formula is C25H23NO6. The molecule has 0 aliphatic heterocycles. The maximum atomic E-state index is 12.5. The van der Waals surface area contributed by atoms with Crippen molar-refractivity contribution in [2.45, 2.75) is 25.8 Å². The zero-order valence-corrected chi connectivity index (χ0v) is 17.5. The lowest BCUT2D eigenvalue weighted by atomic mass is 10.1. The highest BCUT2D eigenvalue weighted by Crippen LogP contribution is 2.31. The minimum atomic E-state index is -0.364. The molecule has 0 bridgehead atoms. The SMILES string of the molecule is C[C@@H](CCc1ccco1)NC(=O)COc1cc(O)c2c(=O)cc(-c3ccccc3)oc2c1. The van der Waals surface area contributed by atoms with Crippen molar-refractivity contribution < 1.29 is 23.5 Å². The number of benzene rings is 2. The van der Waals surface area contributed by atoms with Crippen molar-refractivity contribution >= 4 is 16.9 Å². The summed E-state index contributed by atoms with van der Waals surface area (Å²) in [6, 6.07) is 17.0. The summed E-state index contributed by atoms with van der Waals surface area (Å²) in [6.07, 6.45) is 3.07. The van der Waals surface area contributed by atoms with E-state index in [0.717, 1.165) is 24.2 Å². The molecule has 0 fully saturated rings. The Hall–Kier alpha value is -4.00. The second kappa shape index (κ2) is 9.43. The molecule has 32 heavy (non-hydrogen) atoms. The third-order valence-corrected chi connectivity index (χ3v) is 5.02. The zero-order valence-electron chi connectivity index (χ0n) is 17.5.